The number of ether oxygens (including phenoxy) is 1. The maximum atomic E-state index is 10.8. The van der Waals surface area contributed by atoms with Crippen molar-refractivity contribution in [2.45, 2.75) is 98.2 Å². The van der Waals surface area contributed by atoms with Crippen LogP contribution in [0.4, 0.5) is 0 Å². The van der Waals surface area contributed by atoms with Crippen LogP contribution in [0.3, 0.4) is 0 Å². The molecule has 3 nitrogen and oxygen atoms in total. The normalized spacial score (nSPS) is 46.6. The zero-order valence-corrected chi connectivity index (χ0v) is 19.7. The van der Waals surface area contributed by atoms with E-state index in [1.54, 1.807) is 0 Å². The first-order valence-corrected chi connectivity index (χ1v) is 12.1. The predicted octanol–water partition coefficient (Wildman–Crippen LogP) is 6.02. The fourth-order valence-electron chi connectivity index (χ4n) is 9.11. The minimum absolute atomic E-state index is 0.00630. The summed E-state index contributed by atoms with van der Waals surface area (Å²) in [6, 6.07) is 3.76. The molecule has 0 spiro atoms. The van der Waals surface area contributed by atoms with Crippen molar-refractivity contribution >= 4 is 0 Å². The Bertz CT molecular complexity index is 875. The van der Waals surface area contributed by atoms with Gasteiger partial charge in [-0.25, -0.2) is 0 Å². The zero-order chi connectivity index (χ0) is 21.7. The third-order valence-corrected chi connectivity index (χ3v) is 10.6. The van der Waals surface area contributed by atoms with Crippen LogP contribution in [-0.2, 0) is 6.42 Å². The average molecular weight is 413 g/mol. The minimum atomic E-state index is -0.176. The smallest absolute Gasteiger partial charge is 0.126 e. The van der Waals surface area contributed by atoms with E-state index < -0.39 is 0 Å². The molecule has 0 radical (unpaired) electrons. The van der Waals surface area contributed by atoms with Gasteiger partial charge in [-0.1, -0.05) is 27.7 Å². The van der Waals surface area contributed by atoms with Crippen molar-refractivity contribution in [3.05, 3.63) is 23.3 Å². The number of aryl methyl sites for hydroxylation is 1. The molecule has 166 valence electrons. The number of aliphatic hydroxyl groups is 1. The summed E-state index contributed by atoms with van der Waals surface area (Å²) in [5, 5.41) is 21.0. The van der Waals surface area contributed by atoms with Gasteiger partial charge in [0.15, 0.2) is 0 Å². The second-order valence-electron chi connectivity index (χ2n) is 12.5. The van der Waals surface area contributed by atoms with E-state index in [1.165, 1.54) is 24.8 Å². The van der Waals surface area contributed by atoms with Crippen molar-refractivity contribution < 1.29 is 14.9 Å². The quantitative estimate of drug-likeness (QED) is 0.547. The Morgan fingerprint density at radius 2 is 1.50 bits per heavy atom. The number of aromatic hydroxyl groups is 1. The number of benzene rings is 1. The molecule has 0 bridgehead atoms. The summed E-state index contributed by atoms with van der Waals surface area (Å²) in [5.74, 6) is 3.08. The van der Waals surface area contributed by atoms with Crippen LogP contribution in [0.2, 0.25) is 0 Å². The summed E-state index contributed by atoms with van der Waals surface area (Å²) >= 11 is 0. The van der Waals surface area contributed by atoms with Crippen LogP contribution in [0.25, 0.3) is 0 Å². The molecule has 3 heteroatoms. The van der Waals surface area contributed by atoms with Gasteiger partial charge in [-0.05, 0) is 110 Å². The summed E-state index contributed by atoms with van der Waals surface area (Å²) in [6.45, 7) is 14.1. The monoisotopic (exact) mass is 412 g/mol. The lowest BCUT2D eigenvalue weighted by molar-refractivity contribution is -0.223. The zero-order valence-electron chi connectivity index (χ0n) is 19.7. The van der Waals surface area contributed by atoms with Crippen LogP contribution >= 0.6 is 0 Å². The van der Waals surface area contributed by atoms with Crippen LogP contribution in [0.5, 0.6) is 11.5 Å². The molecule has 3 aliphatic carbocycles. The van der Waals surface area contributed by atoms with Gasteiger partial charge in [0.1, 0.15) is 17.1 Å². The van der Waals surface area contributed by atoms with Crippen molar-refractivity contribution in [3.63, 3.8) is 0 Å². The number of fused-ring (bicyclic) bond motifs is 6. The molecule has 1 aromatic rings. The molecule has 0 saturated heterocycles. The van der Waals surface area contributed by atoms with Crippen LogP contribution in [0.15, 0.2) is 12.1 Å². The van der Waals surface area contributed by atoms with Gasteiger partial charge in [0.2, 0.25) is 0 Å². The molecular formula is C27H40O3. The highest BCUT2D eigenvalue weighted by Crippen LogP contribution is 2.70. The molecule has 0 amide bonds. The summed E-state index contributed by atoms with van der Waals surface area (Å²) in [5.41, 5.74) is 2.61. The standard InChI is InChI=1S/C27H40O3/c1-16-13-18(28)14-17-15-21-26(5)10-7-19-24(2,3)22(29)9-11-25(19,4)20(26)8-12-27(21,6)30-23(16)17/h13-14,19-22,28-29H,7-12,15H2,1-6H3/t19-,20+,21+,22-,25-,26+,27+/m0/s1. The molecule has 3 fully saturated rings. The highest BCUT2D eigenvalue weighted by Gasteiger charge is 2.66. The van der Waals surface area contributed by atoms with Crippen LogP contribution < -0.4 is 4.74 Å². The molecule has 7 atom stereocenters. The molecule has 30 heavy (non-hydrogen) atoms. The molecule has 0 aromatic heterocycles. The van der Waals surface area contributed by atoms with Gasteiger partial charge in [-0.15, -0.1) is 0 Å². The second kappa shape index (κ2) is 6.18. The molecule has 1 aromatic carbocycles. The largest absolute Gasteiger partial charge is 0.508 e. The maximum absolute atomic E-state index is 10.8. The summed E-state index contributed by atoms with van der Waals surface area (Å²) in [6.07, 6.45) is 7.63. The lowest BCUT2D eigenvalue weighted by atomic mass is 9.37. The van der Waals surface area contributed by atoms with E-state index >= 15 is 0 Å². The van der Waals surface area contributed by atoms with Crippen LogP contribution in [0, 0.1) is 40.9 Å². The van der Waals surface area contributed by atoms with E-state index in [1.807, 2.05) is 12.1 Å². The van der Waals surface area contributed by atoms with E-state index in [4.69, 9.17) is 4.74 Å². The first-order chi connectivity index (χ1) is 13.9. The van der Waals surface area contributed by atoms with Crippen molar-refractivity contribution in [2.75, 3.05) is 0 Å². The van der Waals surface area contributed by atoms with E-state index in [9.17, 15) is 10.2 Å². The van der Waals surface area contributed by atoms with E-state index in [0.717, 1.165) is 37.0 Å². The molecule has 3 saturated carbocycles. The van der Waals surface area contributed by atoms with Gasteiger partial charge in [0, 0.05) is 5.92 Å². The maximum Gasteiger partial charge on any atom is 0.126 e. The lowest BCUT2D eigenvalue weighted by Crippen LogP contribution is -2.66. The summed E-state index contributed by atoms with van der Waals surface area (Å²) < 4.78 is 6.80. The van der Waals surface area contributed by atoms with Gasteiger partial charge in [-0.3, -0.25) is 0 Å². The predicted molar refractivity (Wildman–Crippen MR) is 120 cm³/mol. The molecule has 5 rings (SSSR count). The number of aliphatic hydroxyl groups excluding tert-OH is 1. The number of hydrogen-bond acceptors (Lipinski definition) is 3. The first kappa shape index (κ1) is 20.7. The first-order valence-electron chi connectivity index (χ1n) is 12.1. The van der Waals surface area contributed by atoms with Crippen LogP contribution in [0.1, 0.15) is 84.3 Å². The molecule has 4 aliphatic rings. The average Bonchev–Trinajstić information content (AvgIpc) is 2.64. The highest BCUT2D eigenvalue weighted by atomic mass is 16.5. The Kier molecular flexibility index (Phi) is 4.26. The number of phenolic OH excluding ortho intramolecular Hbond substituents is 1. The second-order valence-corrected chi connectivity index (χ2v) is 12.5. The van der Waals surface area contributed by atoms with Gasteiger partial charge in [0.25, 0.3) is 0 Å². The Hall–Kier alpha value is -1.22. The third-order valence-electron chi connectivity index (χ3n) is 10.6. The molecule has 0 unspecified atom stereocenters. The van der Waals surface area contributed by atoms with Gasteiger partial charge >= 0.3 is 0 Å². The minimum Gasteiger partial charge on any atom is -0.508 e. The summed E-state index contributed by atoms with van der Waals surface area (Å²) in [4.78, 5) is 0. The van der Waals surface area contributed by atoms with Gasteiger partial charge in [0.05, 0.1) is 6.10 Å². The van der Waals surface area contributed by atoms with Crippen LogP contribution in [-0.4, -0.2) is 21.9 Å². The molecule has 1 heterocycles. The van der Waals surface area contributed by atoms with E-state index in [2.05, 4.69) is 41.5 Å². The highest BCUT2D eigenvalue weighted by molar-refractivity contribution is 5.48. The fraction of sp³-hybridized carbons (Fsp3) is 0.778. The topological polar surface area (TPSA) is 49.7 Å². The van der Waals surface area contributed by atoms with E-state index in [0.29, 0.717) is 23.5 Å². The van der Waals surface area contributed by atoms with Gasteiger partial charge in [-0.2, -0.15) is 0 Å². The van der Waals surface area contributed by atoms with Crippen molar-refractivity contribution in [1.82, 2.24) is 0 Å². The molecule has 2 N–H and O–H groups in total. The van der Waals surface area contributed by atoms with Crippen molar-refractivity contribution in [1.29, 1.82) is 0 Å². The molecule has 1 aliphatic heterocycles. The number of hydrogen-bond donors (Lipinski definition) is 2. The van der Waals surface area contributed by atoms with E-state index in [-0.39, 0.29) is 27.9 Å². The lowest BCUT2D eigenvalue weighted by Gasteiger charge is -2.69. The number of rotatable bonds is 0. The van der Waals surface area contributed by atoms with Crippen molar-refractivity contribution in [2.24, 2.45) is 34.0 Å². The Morgan fingerprint density at radius 3 is 2.23 bits per heavy atom. The third kappa shape index (κ3) is 2.54. The molecular weight excluding hydrogens is 372 g/mol. The Balaban J connectivity index is 1.56. The Labute approximate surface area is 182 Å². The van der Waals surface area contributed by atoms with Gasteiger partial charge < -0.3 is 14.9 Å². The summed E-state index contributed by atoms with van der Waals surface area (Å²) in [7, 11) is 0. The number of phenols is 1. The SMILES string of the molecule is Cc1cc(O)cc2c1O[C@]1(C)CC[C@H]3[C@@](C)(CC[C@H]4C(C)(C)[C@@H](O)CC[C@]34C)[C@H]1C2. The fourth-order valence-corrected chi connectivity index (χ4v) is 9.11. The van der Waals surface area contributed by atoms with Crippen molar-refractivity contribution in [3.8, 4) is 11.5 Å². The Morgan fingerprint density at radius 1 is 0.867 bits per heavy atom.